The largest absolute Gasteiger partial charge is 0.382 e. The summed E-state index contributed by atoms with van der Waals surface area (Å²) in [7, 11) is -3.83. The van der Waals surface area contributed by atoms with E-state index in [0.717, 1.165) is 6.20 Å². The van der Waals surface area contributed by atoms with Crippen LogP contribution in [0.25, 0.3) is 0 Å². The Kier molecular flexibility index (Phi) is 4.17. The number of nitrogen functional groups attached to an aromatic ring is 1. The molecule has 0 bridgehead atoms. The number of hydrogen-bond acceptors (Lipinski definition) is 5. The third-order valence-corrected chi connectivity index (χ3v) is 5.30. The molecule has 1 aliphatic rings. The zero-order valence-electron chi connectivity index (χ0n) is 10.8. The molecule has 1 aliphatic heterocycles. The number of pyridine rings is 1. The Labute approximate surface area is 122 Å². The minimum absolute atomic E-state index is 0.0639. The van der Waals surface area contributed by atoms with Gasteiger partial charge in [0, 0.05) is 19.3 Å². The molecule has 0 aromatic carbocycles. The van der Waals surface area contributed by atoms with E-state index in [1.54, 1.807) is 6.92 Å². The molecule has 20 heavy (non-hydrogen) atoms. The zero-order chi connectivity index (χ0) is 14.9. The highest BCUT2D eigenvalue weighted by Gasteiger charge is 2.37. The van der Waals surface area contributed by atoms with Gasteiger partial charge in [-0.05, 0) is 12.5 Å². The number of anilines is 1. The van der Waals surface area contributed by atoms with Gasteiger partial charge < -0.3 is 11.1 Å². The standard InChI is InChI=1S/C11H15ClN4O3S/c1-2-9-11(17)14-3-4-16(9)20(18,19)7-5-8(12)10(13)15-6-7/h5-6,9H,2-4H2,1H3,(H2,13,15)(H,14,17). The van der Waals surface area contributed by atoms with Crippen molar-refractivity contribution in [2.75, 3.05) is 18.8 Å². The number of sulfonamides is 1. The van der Waals surface area contributed by atoms with Crippen molar-refractivity contribution >= 4 is 33.3 Å². The maximum atomic E-state index is 12.6. The summed E-state index contributed by atoms with van der Waals surface area (Å²) in [6.07, 6.45) is 1.54. The smallest absolute Gasteiger partial charge is 0.245 e. The number of piperazine rings is 1. The van der Waals surface area contributed by atoms with Gasteiger partial charge in [-0.1, -0.05) is 18.5 Å². The van der Waals surface area contributed by atoms with E-state index in [9.17, 15) is 13.2 Å². The number of amides is 1. The van der Waals surface area contributed by atoms with Gasteiger partial charge in [0.15, 0.2) is 0 Å². The normalized spacial score (nSPS) is 20.7. The number of nitrogens with one attached hydrogen (secondary N) is 1. The molecule has 3 N–H and O–H groups in total. The molecule has 0 radical (unpaired) electrons. The van der Waals surface area contributed by atoms with E-state index in [4.69, 9.17) is 17.3 Å². The Morgan fingerprint density at radius 2 is 2.30 bits per heavy atom. The lowest BCUT2D eigenvalue weighted by atomic mass is 10.2. The Morgan fingerprint density at radius 1 is 1.60 bits per heavy atom. The number of nitrogens with zero attached hydrogens (tertiary/aromatic N) is 2. The molecule has 2 heterocycles. The zero-order valence-corrected chi connectivity index (χ0v) is 12.4. The molecule has 7 nitrogen and oxygen atoms in total. The first kappa shape index (κ1) is 15.0. The average Bonchev–Trinajstić information content (AvgIpc) is 2.41. The summed E-state index contributed by atoms with van der Waals surface area (Å²) >= 11 is 5.81. The first-order valence-electron chi connectivity index (χ1n) is 6.08. The van der Waals surface area contributed by atoms with E-state index < -0.39 is 16.1 Å². The lowest BCUT2D eigenvalue weighted by Crippen LogP contribution is -2.56. The lowest BCUT2D eigenvalue weighted by molar-refractivity contribution is -0.126. The number of aromatic nitrogens is 1. The molecule has 0 saturated carbocycles. The van der Waals surface area contributed by atoms with Crippen LogP contribution < -0.4 is 11.1 Å². The van der Waals surface area contributed by atoms with Crippen LogP contribution in [0.1, 0.15) is 13.3 Å². The second-order valence-corrected chi connectivity index (χ2v) is 6.67. The first-order valence-corrected chi connectivity index (χ1v) is 7.90. The van der Waals surface area contributed by atoms with Crippen molar-refractivity contribution in [2.45, 2.75) is 24.3 Å². The van der Waals surface area contributed by atoms with Gasteiger partial charge in [0.2, 0.25) is 15.9 Å². The molecule has 2 rings (SSSR count). The minimum atomic E-state index is -3.83. The van der Waals surface area contributed by atoms with Gasteiger partial charge in [0.25, 0.3) is 0 Å². The predicted molar refractivity (Wildman–Crippen MR) is 74.6 cm³/mol. The molecule has 1 atom stereocenters. The molecule has 0 spiro atoms. The Morgan fingerprint density at radius 3 is 2.90 bits per heavy atom. The highest BCUT2D eigenvalue weighted by atomic mass is 35.5. The molecule has 110 valence electrons. The van der Waals surface area contributed by atoms with Gasteiger partial charge in [-0.3, -0.25) is 4.79 Å². The molecule has 1 fully saturated rings. The SMILES string of the molecule is CCC1C(=O)NCCN1S(=O)(=O)c1cnc(N)c(Cl)c1. The van der Waals surface area contributed by atoms with E-state index in [1.807, 2.05) is 0 Å². The summed E-state index contributed by atoms with van der Waals surface area (Å²) in [6.45, 7) is 2.26. The molecule has 9 heteroatoms. The number of carbonyl (C=O) groups is 1. The fourth-order valence-electron chi connectivity index (χ4n) is 2.08. The molecule has 0 aliphatic carbocycles. The quantitative estimate of drug-likeness (QED) is 0.829. The van der Waals surface area contributed by atoms with Gasteiger partial charge in [-0.25, -0.2) is 13.4 Å². The van der Waals surface area contributed by atoms with Crippen molar-refractivity contribution < 1.29 is 13.2 Å². The molecular formula is C11H15ClN4O3S. The third-order valence-electron chi connectivity index (χ3n) is 3.12. The second-order valence-electron chi connectivity index (χ2n) is 4.37. The summed E-state index contributed by atoms with van der Waals surface area (Å²) in [5.41, 5.74) is 5.47. The number of carbonyl (C=O) groups excluding carboxylic acids is 1. The van der Waals surface area contributed by atoms with Crippen molar-refractivity contribution in [3.8, 4) is 0 Å². The number of nitrogens with two attached hydrogens (primary N) is 1. The third kappa shape index (κ3) is 2.58. The van der Waals surface area contributed by atoms with Crippen LogP contribution in [-0.4, -0.2) is 42.7 Å². The van der Waals surface area contributed by atoms with E-state index in [2.05, 4.69) is 10.3 Å². The Bertz CT molecular complexity index is 635. The van der Waals surface area contributed by atoms with Gasteiger partial charge in [-0.15, -0.1) is 0 Å². The van der Waals surface area contributed by atoms with Crippen LogP contribution >= 0.6 is 11.6 Å². The maximum absolute atomic E-state index is 12.6. The minimum Gasteiger partial charge on any atom is -0.382 e. The monoisotopic (exact) mass is 318 g/mol. The topological polar surface area (TPSA) is 105 Å². The van der Waals surface area contributed by atoms with E-state index in [0.29, 0.717) is 6.42 Å². The Hall–Kier alpha value is -1.38. The summed E-state index contributed by atoms with van der Waals surface area (Å²) in [5, 5.41) is 2.72. The number of rotatable bonds is 3. The average molecular weight is 319 g/mol. The molecule has 1 amide bonds. The summed E-state index contributed by atoms with van der Waals surface area (Å²) in [4.78, 5) is 15.4. The molecule has 1 unspecified atom stereocenters. The summed E-state index contributed by atoms with van der Waals surface area (Å²) < 4.78 is 26.3. The highest BCUT2D eigenvalue weighted by molar-refractivity contribution is 7.89. The van der Waals surface area contributed by atoms with Gasteiger partial charge in [0.1, 0.15) is 16.8 Å². The molecular weight excluding hydrogens is 304 g/mol. The van der Waals surface area contributed by atoms with E-state index in [-0.39, 0.29) is 34.7 Å². The molecule has 1 aromatic rings. The fourth-order valence-corrected chi connectivity index (χ4v) is 3.94. The predicted octanol–water partition coefficient (Wildman–Crippen LogP) is 0.216. The summed E-state index contributed by atoms with van der Waals surface area (Å²) in [5.74, 6) is -0.231. The number of halogens is 1. The van der Waals surface area contributed by atoms with Gasteiger partial charge in [-0.2, -0.15) is 4.31 Å². The molecule has 1 saturated heterocycles. The van der Waals surface area contributed by atoms with Crippen molar-refractivity contribution in [2.24, 2.45) is 0 Å². The van der Waals surface area contributed by atoms with Crippen LogP contribution in [0.3, 0.4) is 0 Å². The van der Waals surface area contributed by atoms with Crippen LogP contribution in [0.15, 0.2) is 17.2 Å². The highest BCUT2D eigenvalue weighted by Crippen LogP contribution is 2.25. The maximum Gasteiger partial charge on any atom is 0.245 e. The van der Waals surface area contributed by atoms with Crippen molar-refractivity contribution in [1.82, 2.24) is 14.6 Å². The van der Waals surface area contributed by atoms with Gasteiger partial charge in [0.05, 0.1) is 5.02 Å². The lowest BCUT2D eigenvalue weighted by Gasteiger charge is -2.33. The van der Waals surface area contributed by atoms with E-state index >= 15 is 0 Å². The Balaban J connectivity index is 2.42. The van der Waals surface area contributed by atoms with E-state index in [1.165, 1.54) is 10.4 Å². The first-order chi connectivity index (χ1) is 9.37. The fraction of sp³-hybridized carbons (Fsp3) is 0.455. The summed E-state index contributed by atoms with van der Waals surface area (Å²) in [6, 6.07) is 0.531. The van der Waals surface area contributed by atoms with Crippen LogP contribution in [-0.2, 0) is 14.8 Å². The van der Waals surface area contributed by atoms with Crippen molar-refractivity contribution in [3.63, 3.8) is 0 Å². The number of hydrogen-bond donors (Lipinski definition) is 2. The van der Waals surface area contributed by atoms with Crippen LogP contribution in [0.4, 0.5) is 5.82 Å². The second kappa shape index (κ2) is 5.55. The van der Waals surface area contributed by atoms with Crippen LogP contribution in [0, 0.1) is 0 Å². The van der Waals surface area contributed by atoms with Crippen molar-refractivity contribution in [1.29, 1.82) is 0 Å². The van der Waals surface area contributed by atoms with Crippen molar-refractivity contribution in [3.05, 3.63) is 17.3 Å². The van der Waals surface area contributed by atoms with Gasteiger partial charge >= 0.3 is 0 Å². The van der Waals surface area contributed by atoms with Crippen LogP contribution in [0.5, 0.6) is 0 Å². The van der Waals surface area contributed by atoms with Crippen LogP contribution in [0.2, 0.25) is 5.02 Å². The molecule has 1 aromatic heterocycles.